The van der Waals surface area contributed by atoms with Crippen LogP contribution in [0.15, 0.2) is 48.5 Å². The van der Waals surface area contributed by atoms with Gasteiger partial charge in [0.1, 0.15) is 11.5 Å². The number of nitrogens with zero attached hydrogens (tertiary/aromatic N) is 2. The van der Waals surface area contributed by atoms with Crippen molar-refractivity contribution in [2.75, 3.05) is 4.90 Å². The molecule has 2 aliphatic heterocycles. The van der Waals surface area contributed by atoms with E-state index in [4.69, 9.17) is 4.74 Å². The van der Waals surface area contributed by atoms with Crippen molar-refractivity contribution in [3.63, 3.8) is 0 Å². The molecule has 5 unspecified atom stereocenters. The summed E-state index contributed by atoms with van der Waals surface area (Å²) >= 11 is 0. The van der Waals surface area contributed by atoms with Gasteiger partial charge in [-0.25, -0.2) is 0 Å². The molecule has 39 heavy (non-hydrogen) atoms. The summed E-state index contributed by atoms with van der Waals surface area (Å²) in [5, 5.41) is 0. The molecule has 5 atom stereocenters. The fourth-order valence-corrected chi connectivity index (χ4v) is 6.43. The van der Waals surface area contributed by atoms with Crippen molar-refractivity contribution >= 4 is 29.3 Å². The first kappa shape index (κ1) is 27.1. The Morgan fingerprint density at radius 1 is 0.744 bits per heavy atom. The van der Waals surface area contributed by atoms with Crippen LogP contribution in [0.3, 0.4) is 0 Å². The molecule has 0 spiro atoms. The van der Waals surface area contributed by atoms with Gasteiger partial charge in [0.2, 0.25) is 23.6 Å². The van der Waals surface area contributed by atoms with Crippen molar-refractivity contribution < 1.29 is 23.9 Å². The van der Waals surface area contributed by atoms with E-state index >= 15 is 0 Å². The molecule has 2 heterocycles. The number of fused-ring (bicyclic) bond motifs is 2. The highest BCUT2D eigenvalue weighted by Gasteiger charge is 2.61. The van der Waals surface area contributed by atoms with E-state index in [1.165, 1.54) is 15.4 Å². The molecule has 1 aliphatic carbocycles. The molecule has 7 nitrogen and oxygen atoms in total. The van der Waals surface area contributed by atoms with E-state index < -0.39 is 29.2 Å². The number of anilines is 1. The lowest BCUT2D eigenvalue weighted by Gasteiger charge is -2.36. The molecule has 206 valence electrons. The minimum atomic E-state index is -0.579. The van der Waals surface area contributed by atoms with E-state index in [9.17, 15) is 19.2 Å². The van der Waals surface area contributed by atoms with Gasteiger partial charge in [0, 0.05) is 5.54 Å². The van der Waals surface area contributed by atoms with Crippen molar-refractivity contribution in [3.05, 3.63) is 54.1 Å². The number of carbonyl (C=O) groups excluding carboxylic acids is 4. The molecule has 3 aliphatic rings. The van der Waals surface area contributed by atoms with Crippen LogP contribution in [0.2, 0.25) is 0 Å². The Labute approximate surface area is 230 Å². The Balaban J connectivity index is 1.30. The summed E-state index contributed by atoms with van der Waals surface area (Å²) in [5.74, 6) is -1.37. The van der Waals surface area contributed by atoms with E-state index in [1.807, 2.05) is 32.9 Å². The lowest BCUT2D eigenvalue weighted by atomic mass is 9.70. The van der Waals surface area contributed by atoms with E-state index in [2.05, 4.69) is 26.0 Å². The highest BCUT2D eigenvalue weighted by molar-refractivity contribution is 6.22. The molecule has 7 heteroatoms. The van der Waals surface area contributed by atoms with Gasteiger partial charge in [-0.05, 0) is 86.9 Å². The van der Waals surface area contributed by atoms with Crippen molar-refractivity contribution in [1.29, 1.82) is 0 Å². The number of likely N-dealkylation sites (tertiary alicyclic amines) is 1. The molecule has 0 radical (unpaired) electrons. The summed E-state index contributed by atoms with van der Waals surface area (Å²) in [6.45, 7) is 10.2. The minimum Gasteiger partial charge on any atom is -0.457 e. The lowest BCUT2D eigenvalue weighted by Crippen LogP contribution is -2.49. The monoisotopic (exact) mass is 530 g/mol. The zero-order chi connectivity index (χ0) is 28.1. The zero-order valence-electron chi connectivity index (χ0n) is 23.5. The van der Waals surface area contributed by atoms with Gasteiger partial charge in [0.05, 0.1) is 29.4 Å². The van der Waals surface area contributed by atoms with Crippen LogP contribution in [0.25, 0.3) is 0 Å². The van der Waals surface area contributed by atoms with Gasteiger partial charge in [-0.2, -0.15) is 0 Å². The van der Waals surface area contributed by atoms with Gasteiger partial charge in [-0.15, -0.1) is 0 Å². The van der Waals surface area contributed by atoms with Gasteiger partial charge in [0.15, 0.2) is 0 Å². The largest absolute Gasteiger partial charge is 0.457 e. The number of hydrogen-bond acceptors (Lipinski definition) is 5. The Hall–Kier alpha value is -3.48. The highest BCUT2D eigenvalue weighted by Crippen LogP contribution is 2.50. The normalized spacial score (nSPS) is 25.7. The van der Waals surface area contributed by atoms with Crippen LogP contribution in [0.5, 0.6) is 11.5 Å². The summed E-state index contributed by atoms with van der Waals surface area (Å²) in [6, 6.07) is 14.9. The summed E-state index contributed by atoms with van der Waals surface area (Å²) in [7, 11) is 0. The third kappa shape index (κ3) is 4.46. The maximum absolute atomic E-state index is 13.5. The zero-order valence-corrected chi connectivity index (χ0v) is 23.5. The smallest absolute Gasteiger partial charge is 0.237 e. The average molecular weight is 531 g/mol. The number of benzene rings is 2. The van der Waals surface area contributed by atoms with Crippen LogP contribution in [0, 0.1) is 23.7 Å². The van der Waals surface area contributed by atoms with Crippen molar-refractivity contribution in [3.8, 4) is 11.5 Å². The molecule has 5 rings (SSSR count). The number of carbonyl (C=O) groups is 4. The van der Waals surface area contributed by atoms with Crippen molar-refractivity contribution in [1.82, 2.24) is 4.90 Å². The van der Waals surface area contributed by atoms with E-state index in [1.54, 1.807) is 24.3 Å². The molecule has 2 saturated heterocycles. The van der Waals surface area contributed by atoms with Crippen LogP contribution in [0.4, 0.5) is 5.69 Å². The predicted octanol–water partition coefficient (Wildman–Crippen LogP) is 6.07. The summed E-state index contributed by atoms with van der Waals surface area (Å²) in [6.07, 6.45) is 2.90. The molecule has 0 N–H and O–H groups in total. The summed E-state index contributed by atoms with van der Waals surface area (Å²) < 4.78 is 5.97. The van der Waals surface area contributed by atoms with E-state index in [0.717, 1.165) is 6.42 Å². The molecular formula is C32H38N2O5. The molecular weight excluding hydrogens is 492 g/mol. The number of ether oxygens (including phenoxy) is 1. The molecule has 1 saturated carbocycles. The third-order valence-corrected chi connectivity index (χ3v) is 9.59. The molecule has 2 aromatic rings. The Bertz CT molecular complexity index is 1240. The number of amides is 4. The van der Waals surface area contributed by atoms with E-state index in [-0.39, 0.29) is 36.5 Å². The topological polar surface area (TPSA) is 84.0 Å². The maximum Gasteiger partial charge on any atom is 0.237 e. The fourth-order valence-electron chi connectivity index (χ4n) is 6.43. The standard InChI is InChI=1S/C32H38N2O5/c1-6-19(4)20-9-13-22(14-10-20)39-23-15-11-21(12-16-23)33-28(35)24-17-26-27(18-25(24)29(33)36)31(38)34(30(26)37)32(5,7-2)8-3/h9-16,19,24-27H,6-8,17-18H2,1-5H3. The molecule has 2 aromatic carbocycles. The number of rotatable bonds is 8. The Morgan fingerprint density at radius 3 is 1.62 bits per heavy atom. The average Bonchev–Trinajstić information content (AvgIpc) is 3.36. The van der Waals surface area contributed by atoms with Crippen LogP contribution >= 0.6 is 0 Å². The van der Waals surface area contributed by atoms with Gasteiger partial charge in [0.25, 0.3) is 0 Å². The number of imide groups is 2. The van der Waals surface area contributed by atoms with Gasteiger partial charge in [-0.3, -0.25) is 29.0 Å². The quantitative estimate of drug-likeness (QED) is 0.387. The Morgan fingerprint density at radius 2 is 1.18 bits per heavy atom. The third-order valence-electron chi connectivity index (χ3n) is 9.59. The fraction of sp³-hybridized carbons (Fsp3) is 0.500. The van der Waals surface area contributed by atoms with Gasteiger partial charge < -0.3 is 4.74 Å². The Kier molecular flexibility index (Phi) is 7.12. The van der Waals surface area contributed by atoms with Crippen molar-refractivity contribution in [2.24, 2.45) is 23.7 Å². The molecule has 3 fully saturated rings. The SMILES string of the molecule is CCC(C)c1ccc(Oc2ccc(N3C(=O)C4CC5C(=O)N(C(C)(CC)CC)C(=O)C5CC4C3=O)cc2)cc1. The summed E-state index contributed by atoms with van der Waals surface area (Å²) in [4.78, 5) is 56.4. The first-order valence-corrected chi connectivity index (χ1v) is 14.3. The molecule has 0 aromatic heterocycles. The first-order chi connectivity index (χ1) is 18.6. The van der Waals surface area contributed by atoms with Gasteiger partial charge in [-0.1, -0.05) is 39.8 Å². The molecule has 0 bridgehead atoms. The highest BCUT2D eigenvalue weighted by atomic mass is 16.5. The second kappa shape index (κ2) is 10.2. The van der Waals surface area contributed by atoms with E-state index in [0.29, 0.717) is 35.9 Å². The van der Waals surface area contributed by atoms with Crippen LogP contribution < -0.4 is 9.64 Å². The molecule has 4 amide bonds. The van der Waals surface area contributed by atoms with Gasteiger partial charge >= 0.3 is 0 Å². The minimum absolute atomic E-state index is 0.188. The lowest BCUT2D eigenvalue weighted by molar-refractivity contribution is -0.147. The van der Waals surface area contributed by atoms with Crippen LogP contribution in [0.1, 0.15) is 78.2 Å². The second-order valence-electron chi connectivity index (χ2n) is 11.6. The summed E-state index contributed by atoms with van der Waals surface area (Å²) in [5.41, 5.74) is 1.20. The maximum atomic E-state index is 13.5. The first-order valence-electron chi connectivity index (χ1n) is 14.3. The van der Waals surface area contributed by atoms with Crippen LogP contribution in [-0.4, -0.2) is 34.1 Å². The second-order valence-corrected chi connectivity index (χ2v) is 11.6. The van der Waals surface area contributed by atoms with Crippen LogP contribution in [-0.2, 0) is 19.2 Å². The number of hydrogen-bond donors (Lipinski definition) is 0. The van der Waals surface area contributed by atoms with Crippen molar-refractivity contribution in [2.45, 2.75) is 78.2 Å². The predicted molar refractivity (Wildman–Crippen MR) is 148 cm³/mol.